The minimum absolute atomic E-state index is 0.624. The summed E-state index contributed by atoms with van der Waals surface area (Å²) in [7, 11) is 0. The van der Waals surface area contributed by atoms with Crippen molar-refractivity contribution in [2.45, 2.75) is 20.3 Å². The number of piperidine rings is 1. The summed E-state index contributed by atoms with van der Waals surface area (Å²) in [6.45, 7) is 6.61. The predicted molar refractivity (Wildman–Crippen MR) is 68.2 cm³/mol. The fourth-order valence-electron chi connectivity index (χ4n) is 2.59. The van der Waals surface area contributed by atoms with Crippen LogP contribution in [0.25, 0.3) is 0 Å². The summed E-state index contributed by atoms with van der Waals surface area (Å²) >= 11 is 0. The van der Waals surface area contributed by atoms with Crippen LogP contribution in [0.5, 0.6) is 0 Å². The fraction of sp³-hybridized carbons (Fsp3) is 0.583. The highest BCUT2D eigenvalue weighted by atomic mass is 15.2. The van der Waals surface area contributed by atoms with E-state index in [-0.39, 0.29) is 0 Å². The molecule has 1 aromatic rings. The van der Waals surface area contributed by atoms with E-state index in [0.29, 0.717) is 23.2 Å². The Morgan fingerprint density at radius 1 is 1.25 bits per heavy atom. The van der Waals surface area contributed by atoms with Crippen molar-refractivity contribution >= 4 is 17.2 Å². The summed E-state index contributed by atoms with van der Waals surface area (Å²) in [6, 6.07) is 1.78. The van der Waals surface area contributed by atoms with Gasteiger partial charge in [0.25, 0.3) is 0 Å². The SMILES string of the molecule is C[C@@H]1C[C@@H](C)CN(c2ncc(N)cc2N)C1. The number of aromatic nitrogens is 1. The maximum Gasteiger partial charge on any atom is 0.151 e. The van der Waals surface area contributed by atoms with E-state index in [1.54, 1.807) is 12.3 Å². The molecule has 2 rings (SSSR count). The average molecular weight is 220 g/mol. The Labute approximate surface area is 96.6 Å². The topological polar surface area (TPSA) is 68.2 Å². The van der Waals surface area contributed by atoms with E-state index in [2.05, 4.69) is 23.7 Å². The lowest BCUT2D eigenvalue weighted by atomic mass is 9.92. The number of nitrogens with zero attached hydrogens (tertiary/aromatic N) is 2. The monoisotopic (exact) mass is 220 g/mol. The van der Waals surface area contributed by atoms with Gasteiger partial charge in [-0.25, -0.2) is 4.98 Å². The highest BCUT2D eigenvalue weighted by Crippen LogP contribution is 2.29. The molecular formula is C12H20N4. The zero-order chi connectivity index (χ0) is 11.7. The number of hydrogen-bond acceptors (Lipinski definition) is 4. The van der Waals surface area contributed by atoms with Crippen LogP contribution >= 0.6 is 0 Å². The molecule has 0 amide bonds. The van der Waals surface area contributed by atoms with E-state index in [9.17, 15) is 0 Å². The van der Waals surface area contributed by atoms with Crippen molar-refractivity contribution in [1.82, 2.24) is 4.98 Å². The molecular weight excluding hydrogens is 200 g/mol. The first-order valence-electron chi connectivity index (χ1n) is 5.82. The molecule has 1 aromatic heterocycles. The molecule has 0 saturated carbocycles. The number of rotatable bonds is 1. The van der Waals surface area contributed by atoms with Gasteiger partial charge in [0, 0.05) is 13.1 Å². The van der Waals surface area contributed by atoms with Gasteiger partial charge in [-0.05, 0) is 24.3 Å². The molecule has 16 heavy (non-hydrogen) atoms. The Kier molecular flexibility index (Phi) is 2.90. The number of hydrogen-bond donors (Lipinski definition) is 2. The van der Waals surface area contributed by atoms with Crippen LogP contribution < -0.4 is 16.4 Å². The first kappa shape index (κ1) is 11.0. The first-order valence-corrected chi connectivity index (χ1v) is 5.82. The van der Waals surface area contributed by atoms with Gasteiger partial charge in [-0.1, -0.05) is 13.8 Å². The summed E-state index contributed by atoms with van der Waals surface area (Å²) in [6.07, 6.45) is 2.96. The van der Waals surface area contributed by atoms with Crippen LogP contribution in [0.3, 0.4) is 0 Å². The Morgan fingerprint density at radius 2 is 1.88 bits per heavy atom. The molecule has 1 aliphatic heterocycles. The van der Waals surface area contributed by atoms with Gasteiger partial charge in [0.05, 0.1) is 17.6 Å². The average Bonchev–Trinajstić information content (AvgIpc) is 2.15. The maximum absolute atomic E-state index is 5.96. The van der Waals surface area contributed by atoms with Gasteiger partial charge in [0.15, 0.2) is 5.82 Å². The van der Waals surface area contributed by atoms with Gasteiger partial charge in [-0.2, -0.15) is 0 Å². The normalized spacial score (nSPS) is 25.8. The zero-order valence-electron chi connectivity index (χ0n) is 9.98. The summed E-state index contributed by atoms with van der Waals surface area (Å²) in [5, 5.41) is 0. The first-order chi connectivity index (χ1) is 7.56. The molecule has 0 radical (unpaired) electrons. The lowest BCUT2D eigenvalue weighted by Crippen LogP contribution is -2.39. The van der Waals surface area contributed by atoms with Crippen LogP contribution in [0.15, 0.2) is 12.3 Å². The standard InChI is InChI=1S/C12H20N4/c1-8-3-9(2)7-16(6-8)12-11(14)4-10(13)5-15-12/h4-5,8-9H,3,6-7,13-14H2,1-2H3/t8-,9-/m1/s1. The minimum Gasteiger partial charge on any atom is -0.397 e. The van der Waals surface area contributed by atoms with E-state index in [4.69, 9.17) is 11.5 Å². The second kappa shape index (κ2) is 4.20. The van der Waals surface area contributed by atoms with Gasteiger partial charge < -0.3 is 16.4 Å². The van der Waals surface area contributed by atoms with E-state index in [1.165, 1.54) is 6.42 Å². The van der Waals surface area contributed by atoms with Crippen molar-refractivity contribution in [3.8, 4) is 0 Å². The Bertz CT molecular complexity index is 367. The largest absolute Gasteiger partial charge is 0.397 e. The Balaban J connectivity index is 2.23. The predicted octanol–water partition coefficient (Wildman–Crippen LogP) is 1.73. The Hall–Kier alpha value is -1.45. The molecule has 0 spiro atoms. The molecule has 88 valence electrons. The van der Waals surface area contributed by atoms with Crippen molar-refractivity contribution in [3.05, 3.63) is 12.3 Å². The van der Waals surface area contributed by atoms with Gasteiger partial charge in [-0.15, -0.1) is 0 Å². The molecule has 0 unspecified atom stereocenters. The fourth-order valence-corrected chi connectivity index (χ4v) is 2.59. The minimum atomic E-state index is 0.624. The van der Waals surface area contributed by atoms with Gasteiger partial charge >= 0.3 is 0 Å². The molecule has 0 aromatic carbocycles. The van der Waals surface area contributed by atoms with Gasteiger partial charge in [0.2, 0.25) is 0 Å². The smallest absolute Gasteiger partial charge is 0.151 e. The zero-order valence-corrected chi connectivity index (χ0v) is 9.98. The molecule has 0 aliphatic carbocycles. The number of nitrogens with two attached hydrogens (primary N) is 2. The molecule has 1 fully saturated rings. The van der Waals surface area contributed by atoms with Crippen molar-refractivity contribution in [2.24, 2.45) is 11.8 Å². The molecule has 0 bridgehead atoms. The second-order valence-electron chi connectivity index (χ2n) is 5.03. The van der Waals surface area contributed by atoms with E-state index in [1.807, 2.05) is 0 Å². The Morgan fingerprint density at radius 3 is 2.44 bits per heavy atom. The summed E-state index contributed by atoms with van der Waals surface area (Å²) < 4.78 is 0. The van der Waals surface area contributed by atoms with Crippen LogP contribution in [0, 0.1) is 11.8 Å². The molecule has 4 heteroatoms. The summed E-state index contributed by atoms with van der Waals surface area (Å²) in [5.41, 5.74) is 12.9. The van der Waals surface area contributed by atoms with Crippen LogP contribution in [0.4, 0.5) is 17.2 Å². The van der Waals surface area contributed by atoms with E-state index >= 15 is 0 Å². The van der Waals surface area contributed by atoms with Crippen molar-refractivity contribution in [1.29, 1.82) is 0 Å². The highest BCUT2D eigenvalue weighted by molar-refractivity contribution is 5.67. The summed E-state index contributed by atoms with van der Waals surface area (Å²) in [5.74, 6) is 2.28. The lowest BCUT2D eigenvalue weighted by molar-refractivity contribution is 0.355. The third kappa shape index (κ3) is 2.21. The third-order valence-electron chi connectivity index (χ3n) is 3.08. The van der Waals surface area contributed by atoms with E-state index < -0.39 is 0 Å². The van der Waals surface area contributed by atoms with Crippen molar-refractivity contribution in [3.63, 3.8) is 0 Å². The quantitative estimate of drug-likeness (QED) is 0.756. The molecule has 1 saturated heterocycles. The third-order valence-corrected chi connectivity index (χ3v) is 3.08. The molecule has 2 atom stereocenters. The van der Waals surface area contributed by atoms with Crippen LogP contribution in [0.1, 0.15) is 20.3 Å². The molecule has 2 heterocycles. The van der Waals surface area contributed by atoms with E-state index in [0.717, 1.165) is 18.9 Å². The number of pyridine rings is 1. The summed E-state index contributed by atoms with van der Waals surface area (Å²) in [4.78, 5) is 6.62. The maximum atomic E-state index is 5.96. The molecule has 4 nitrogen and oxygen atoms in total. The molecule has 1 aliphatic rings. The van der Waals surface area contributed by atoms with Crippen LogP contribution in [0.2, 0.25) is 0 Å². The van der Waals surface area contributed by atoms with Crippen LogP contribution in [-0.4, -0.2) is 18.1 Å². The van der Waals surface area contributed by atoms with Crippen molar-refractivity contribution in [2.75, 3.05) is 29.5 Å². The second-order valence-corrected chi connectivity index (χ2v) is 5.03. The molecule has 4 N–H and O–H groups in total. The number of nitrogen functional groups attached to an aromatic ring is 2. The lowest BCUT2D eigenvalue weighted by Gasteiger charge is -2.36. The van der Waals surface area contributed by atoms with Crippen molar-refractivity contribution < 1.29 is 0 Å². The number of anilines is 3. The highest BCUT2D eigenvalue weighted by Gasteiger charge is 2.23. The van der Waals surface area contributed by atoms with Gasteiger partial charge in [-0.3, -0.25) is 0 Å². The van der Waals surface area contributed by atoms with Crippen LogP contribution in [-0.2, 0) is 0 Å². The van der Waals surface area contributed by atoms with Gasteiger partial charge in [0.1, 0.15) is 0 Å².